The van der Waals surface area contributed by atoms with Crippen molar-refractivity contribution in [2.45, 2.75) is 88.1 Å². The van der Waals surface area contributed by atoms with Crippen molar-refractivity contribution < 1.29 is 34.9 Å². The van der Waals surface area contributed by atoms with E-state index in [0.29, 0.717) is 6.26 Å². The third kappa shape index (κ3) is 18.2. The van der Waals surface area contributed by atoms with Crippen LogP contribution in [0.4, 0.5) is 0 Å². The largest absolute Gasteiger partial charge is 0.748 e. The summed E-state index contributed by atoms with van der Waals surface area (Å²) in [6.07, 6.45) is 15.2. The smallest absolute Gasteiger partial charge is 0.124 e. The van der Waals surface area contributed by atoms with Crippen LogP contribution in [0.1, 0.15) is 69.8 Å². The number of hydrogen-bond acceptors (Lipinski definition) is 6. The van der Waals surface area contributed by atoms with Gasteiger partial charge in [0.15, 0.2) is 0 Å². The van der Waals surface area contributed by atoms with Gasteiger partial charge in [0.05, 0.1) is 69.4 Å². The first-order valence-corrected chi connectivity index (χ1v) is 16.0. The molecule has 2 saturated carbocycles. The van der Waals surface area contributed by atoms with E-state index in [2.05, 4.69) is 42.3 Å². The maximum Gasteiger partial charge on any atom is 0.124 e. The van der Waals surface area contributed by atoms with Crippen molar-refractivity contribution >= 4 is 20.2 Å². The normalized spacial score (nSPS) is 17.9. The van der Waals surface area contributed by atoms with E-state index >= 15 is 0 Å². The third-order valence-electron chi connectivity index (χ3n) is 6.65. The van der Waals surface area contributed by atoms with Gasteiger partial charge in [0, 0.05) is 6.26 Å². The minimum atomic E-state index is -4.27. The van der Waals surface area contributed by atoms with E-state index in [1.807, 2.05) is 6.92 Å². The van der Waals surface area contributed by atoms with Crippen molar-refractivity contribution in [2.24, 2.45) is 0 Å². The molecule has 2 aliphatic carbocycles. The van der Waals surface area contributed by atoms with Crippen LogP contribution >= 0.6 is 0 Å². The Labute approximate surface area is 221 Å². The Morgan fingerprint density at radius 2 is 0.917 bits per heavy atom. The van der Waals surface area contributed by atoms with Gasteiger partial charge in [-0.1, -0.05) is 30.5 Å². The molecule has 0 aliphatic heterocycles. The summed E-state index contributed by atoms with van der Waals surface area (Å²) in [5.74, 6) is 0. The molecule has 0 radical (unpaired) electrons. The summed E-state index contributed by atoms with van der Waals surface area (Å²) in [6, 6.07) is 7.66. The van der Waals surface area contributed by atoms with Crippen LogP contribution in [0.5, 0.6) is 0 Å². The molecule has 0 amide bonds. The Morgan fingerprint density at radius 1 is 0.639 bits per heavy atom. The van der Waals surface area contributed by atoms with Crippen LogP contribution in [0, 0.1) is 6.92 Å². The van der Waals surface area contributed by atoms with Crippen molar-refractivity contribution in [3.05, 3.63) is 29.8 Å². The lowest BCUT2D eigenvalue weighted by molar-refractivity contribution is -0.897. The highest BCUT2D eigenvalue weighted by Gasteiger charge is 2.25. The summed E-state index contributed by atoms with van der Waals surface area (Å²) in [5, 5.41) is 0. The first-order valence-electron chi connectivity index (χ1n) is 12.8. The summed E-state index contributed by atoms with van der Waals surface area (Å²) in [6.45, 7) is 1.82. The maximum atomic E-state index is 10.4. The molecule has 10 heteroatoms. The molecule has 0 saturated heterocycles. The van der Waals surface area contributed by atoms with Crippen molar-refractivity contribution in [3.63, 3.8) is 0 Å². The Morgan fingerprint density at radius 3 is 1.11 bits per heavy atom. The zero-order valence-corrected chi connectivity index (χ0v) is 25.3. The average Bonchev–Trinajstić information content (AvgIpc) is 2.73. The summed E-state index contributed by atoms with van der Waals surface area (Å²) < 4.78 is 60.7. The summed E-state index contributed by atoms with van der Waals surface area (Å²) in [7, 11) is 5.71. The first kappa shape index (κ1) is 35.0. The molecule has 0 atom stereocenters. The molecule has 0 bridgehead atoms. The number of aryl methyl sites for hydroxylation is 1. The van der Waals surface area contributed by atoms with Crippen LogP contribution in [-0.2, 0) is 20.2 Å². The molecule has 0 N–H and O–H groups in total. The summed E-state index contributed by atoms with van der Waals surface area (Å²) >= 11 is 0. The van der Waals surface area contributed by atoms with E-state index in [9.17, 15) is 13.0 Å². The fourth-order valence-corrected chi connectivity index (χ4v) is 4.89. The molecule has 8 nitrogen and oxygen atoms in total. The molecule has 2 fully saturated rings. The predicted octanol–water partition coefficient (Wildman–Crippen LogP) is 4.11. The highest BCUT2D eigenvalue weighted by molar-refractivity contribution is 7.85. The van der Waals surface area contributed by atoms with Gasteiger partial charge in [0.25, 0.3) is 0 Å². The molecule has 1 aromatic rings. The number of hydrogen-bond donors (Lipinski definition) is 0. The molecule has 0 aromatic heterocycles. The van der Waals surface area contributed by atoms with E-state index < -0.39 is 20.2 Å². The number of benzene rings is 1. The van der Waals surface area contributed by atoms with Crippen molar-refractivity contribution in [1.29, 1.82) is 0 Å². The summed E-state index contributed by atoms with van der Waals surface area (Å²) in [5.41, 5.74) is 0.928. The van der Waals surface area contributed by atoms with Crippen molar-refractivity contribution in [2.75, 3.05) is 48.5 Å². The van der Waals surface area contributed by atoms with E-state index in [-0.39, 0.29) is 4.90 Å². The van der Waals surface area contributed by atoms with Gasteiger partial charge in [-0.25, -0.2) is 16.8 Å². The van der Waals surface area contributed by atoms with Gasteiger partial charge in [-0.05, 0) is 70.4 Å². The van der Waals surface area contributed by atoms with Crippen LogP contribution in [0.25, 0.3) is 0 Å². The van der Waals surface area contributed by atoms with Crippen LogP contribution < -0.4 is 0 Å². The Bertz CT molecular complexity index is 900. The molecule has 0 unspecified atom stereocenters. The predicted molar refractivity (Wildman–Crippen MR) is 145 cm³/mol. The van der Waals surface area contributed by atoms with Crippen LogP contribution in [0.3, 0.4) is 0 Å². The number of quaternary nitrogens is 2. The second kappa shape index (κ2) is 15.4. The second-order valence-corrected chi connectivity index (χ2v) is 14.6. The van der Waals surface area contributed by atoms with Crippen LogP contribution in [-0.4, -0.2) is 95.5 Å². The topological polar surface area (TPSA) is 114 Å². The van der Waals surface area contributed by atoms with Gasteiger partial charge in [-0.2, -0.15) is 0 Å². The molecular formula is C26H50N2O6S2. The van der Waals surface area contributed by atoms with Gasteiger partial charge in [-0.15, -0.1) is 0 Å². The van der Waals surface area contributed by atoms with E-state index in [1.165, 1.54) is 85.3 Å². The monoisotopic (exact) mass is 550 g/mol. The SMILES string of the molecule is CS(=O)(=O)[O-].C[N+](C)(C)C1CCCCC1.C[N+](C)(C)C1CCCCC1.Cc1ccc(S(=O)(=O)[O-])cc1. The lowest BCUT2D eigenvalue weighted by Crippen LogP contribution is -2.45. The highest BCUT2D eigenvalue weighted by atomic mass is 32.2. The zero-order chi connectivity index (χ0) is 28.2. The minimum absolute atomic E-state index is 0.178. The lowest BCUT2D eigenvalue weighted by Gasteiger charge is -2.36. The third-order valence-corrected chi connectivity index (χ3v) is 7.50. The Balaban J connectivity index is 0.000000468. The van der Waals surface area contributed by atoms with Crippen LogP contribution in [0.15, 0.2) is 29.2 Å². The molecule has 212 valence electrons. The number of nitrogens with zero attached hydrogens (tertiary/aromatic N) is 2. The van der Waals surface area contributed by atoms with Gasteiger partial charge in [-0.3, -0.25) is 0 Å². The average molecular weight is 551 g/mol. The standard InChI is InChI=1S/2C9H20N.C7H8O3S.CH4O3S/c2*1-10(2,3)9-7-5-4-6-8-9;1-6-2-4-7(5-3-6)11(8,9)10;1-5(2,3)4/h2*9H,4-8H2,1-3H3;2-5H,1H3,(H,8,9,10);1H3,(H,2,3,4)/q2*+1;;/p-2. The first-order chi connectivity index (χ1) is 16.2. The fraction of sp³-hybridized carbons (Fsp3) is 0.769. The minimum Gasteiger partial charge on any atom is -0.748 e. The molecule has 36 heavy (non-hydrogen) atoms. The van der Waals surface area contributed by atoms with E-state index in [4.69, 9.17) is 13.0 Å². The molecule has 0 spiro atoms. The van der Waals surface area contributed by atoms with Gasteiger partial charge in [0.1, 0.15) is 10.1 Å². The Kier molecular flexibility index (Phi) is 14.9. The van der Waals surface area contributed by atoms with Gasteiger partial charge >= 0.3 is 0 Å². The van der Waals surface area contributed by atoms with Gasteiger partial charge in [0.2, 0.25) is 0 Å². The molecule has 3 rings (SSSR count). The number of rotatable bonds is 3. The van der Waals surface area contributed by atoms with E-state index in [0.717, 1.165) is 17.6 Å². The maximum absolute atomic E-state index is 10.4. The molecule has 0 heterocycles. The van der Waals surface area contributed by atoms with Crippen LogP contribution in [0.2, 0.25) is 0 Å². The van der Waals surface area contributed by atoms with Crippen molar-refractivity contribution in [3.8, 4) is 0 Å². The summed E-state index contributed by atoms with van der Waals surface area (Å²) in [4.78, 5) is -0.178. The van der Waals surface area contributed by atoms with Crippen molar-refractivity contribution in [1.82, 2.24) is 0 Å². The second-order valence-electron chi connectivity index (χ2n) is 11.8. The zero-order valence-electron chi connectivity index (χ0n) is 23.7. The lowest BCUT2D eigenvalue weighted by atomic mass is 9.94. The van der Waals surface area contributed by atoms with E-state index in [1.54, 1.807) is 12.1 Å². The molecule has 2 aliphatic rings. The fourth-order valence-electron chi connectivity index (χ4n) is 4.42. The highest BCUT2D eigenvalue weighted by Crippen LogP contribution is 2.24. The molecular weight excluding hydrogens is 500 g/mol. The quantitative estimate of drug-likeness (QED) is 0.413. The Hall–Kier alpha value is -1.04. The van der Waals surface area contributed by atoms with Gasteiger partial charge < -0.3 is 18.1 Å². The molecule has 1 aromatic carbocycles.